The van der Waals surface area contributed by atoms with E-state index in [9.17, 15) is 4.79 Å². The van der Waals surface area contributed by atoms with E-state index in [2.05, 4.69) is 10.3 Å². The Hall–Kier alpha value is -2.08. The Kier molecular flexibility index (Phi) is 3.30. The summed E-state index contributed by atoms with van der Waals surface area (Å²) in [5, 5.41) is 6.20. The number of hydrogen-bond acceptors (Lipinski definition) is 4. The van der Waals surface area contributed by atoms with Crippen molar-refractivity contribution in [2.75, 3.05) is 6.54 Å². The summed E-state index contributed by atoms with van der Waals surface area (Å²) in [4.78, 5) is 18.8. The molecule has 0 spiro atoms. The number of carbonyl (C=O) groups excluding carboxylic acids is 1. The minimum Gasteiger partial charge on any atom is -0.468 e. The minimum atomic E-state index is -0.604. The zero-order valence-corrected chi connectivity index (χ0v) is 14.0. The summed E-state index contributed by atoms with van der Waals surface area (Å²) in [5.41, 5.74) is 1.49. The molecule has 2 bridgehead atoms. The van der Waals surface area contributed by atoms with Crippen molar-refractivity contribution in [3.63, 3.8) is 0 Å². The Labute approximate surface area is 139 Å². The van der Waals surface area contributed by atoms with E-state index < -0.39 is 5.72 Å². The van der Waals surface area contributed by atoms with E-state index in [4.69, 9.17) is 4.74 Å². The number of para-hydroxylation sites is 1. The van der Waals surface area contributed by atoms with Crippen molar-refractivity contribution in [1.29, 1.82) is 0 Å². The lowest BCUT2D eigenvalue weighted by Crippen LogP contribution is -2.65. The number of aryl methyl sites for hydroxylation is 1. The zero-order valence-electron chi connectivity index (χ0n) is 13.2. The van der Waals surface area contributed by atoms with Gasteiger partial charge in [0.05, 0.1) is 11.0 Å². The number of nitrogens with zero attached hydrogens (tertiary/aromatic N) is 2. The zero-order chi connectivity index (χ0) is 16.0. The molecule has 6 heteroatoms. The average molecular weight is 329 g/mol. The monoisotopic (exact) mass is 329 g/mol. The van der Waals surface area contributed by atoms with Crippen molar-refractivity contribution >= 4 is 17.4 Å². The summed E-state index contributed by atoms with van der Waals surface area (Å²) in [6, 6.07) is 7.90. The molecule has 2 unspecified atom stereocenters. The van der Waals surface area contributed by atoms with E-state index in [1.54, 1.807) is 16.2 Å². The van der Waals surface area contributed by atoms with Gasteiger partial charge in [-0.25, -0.2) is 9.78 Å². The number of hydrogen-bond donors (Lipinski definition) is 1. The number of benzene rings is 1. The third kappa shape index (κ3) is 2.47. The molecule has 4 rings (SSSR count). The molecular formula is C17H19N3O2S. The van der Waals surface area contributed by atoms with Gasteiger partial charge >= 0.3 is 6.03 Å². The first kappa shape index (κ1) is 14.5. The molecule has 0 aliphatic carbocycles. The molecule has 2 amide bonds. The first-order valence-electron chi connectivity index (χ1n) is 7.82. The van der Waals surface area contributed by atoms with Gasteiger partial charge in [-0.2, -0.15) is 0 Å². The molecule has 0 saturated carbocycles. The van der Waals surface area contributed by atoms with Crippen LogP contribution in [0.5, 0.6) is 5.75 Å². The second kappa shape index (κ2) is 5.23. The van der Waals surface area contributed by atoms with Gasteiger partial charge in [0.2, 0.25) is 0 Å². The van der Waals surface area contributed by atoms with E-state index in [-0.39, 0.29) is 12.1 Å². The molecule has 3 heterocycles. The van der Waals surface area contributed by atoms with Crippen molar-refractivity contribution in [1.82, 2.24) is 15.2 Å². The van der Waals surface area contributed by atoms with Gasteiger partial charge in [-0.15, -0.1) is 11.3 Å². The molecule has 1 saturated heterocycles. The van der Waals surface area contributed by atoms with Crippen LogP contribution in [0.4, 0.5) is 4.79 Å². The van der Waals surface area contributed by atoms with Gasteiger partial charge in [0, 0.05) is 36.0 Å². The number of thiazole rings is 1. The molecule has 1 aromatic carbocycles. The van der Waals surface area contributed by atoms with Crippen LogP contribution in [0.3, 0.4) is 0 Å². The molecule has 2 aliphatic rings. The van der Waals surface area contributed by atoms with Crippen LogP contribution in [-0.2, 0) is 6.42 Å². The highest BCUT2D eigenvalue weighted by molar-refractivity contribution is 7.09. The van der Waals surface area contributed by atoms with E-state index in [0.717, 1.165) is 34.9 Å². The predicted molar refractivity (Wildman–Crippen MR) is 88.6 cm³/mol. The van der Waals surface area contributed by atoms with Crippen molar-refractivity contribution in [3.8, 4) is 5.75 Å². The summed E-state index contributed by atoms with van der Waals surface area (Å²) in [6.07, 6.45) is 1.50. The molecule has 1 fully saturated rings. The Balaban J connectivity index is 1.58. The van der Waals surface area contributed by atoms with Crippen LogP contribution in [0.1, 0.15) is 35.7 Å². The first-order valence-corrected chi connectivity index (χ1v) is 8.70. The van der Waals surface area contributed by atoms with Gasteiger partial charge in [0.1, 0.15) is 5.75 Å². The normalized spacial score (nSPS) is 25.6. The van der Waals surface area contributed by atoms with Gasteiger partial charge in [0.15, 0.2) is 5.72 Å². The van der Waals surface area contributed by atoms with Crippen molar-refractivity contribution < 1.29 is 9.53 Å². The molecular weight excluding hydrogens is 310 g/mol. The maximum atomic E-state index is 12.6. The fourth-order valence-corrected chi connectivity index (χ4v) is 4.19. The number of fused-ring (bicyclic) bond motifs is 4. The maximum Gasteiger partial charge on any atom is 0.320 e. The largest absolute Gasteiger partial charge is 0.468 e. The Morgan fingerprint density at radius 1 is 1.48 bits per heavy atom. The van der Waals surface area contributed by atoms with Crippen LogP contribution in [0, 0.1) is 6.92 Å². The highest BCUT2D eigenvalue weighted by atomic mass is 32.1. The summed E-state index contributed by atoms with van der Waals surface area (Å²) < 4.78 is 6.22. The fraction of sp³-hybridized carbons (Fsp3) is 0.412. The predicted octanol–water partition coefficient (Wildman–Crippen LogP) is 3.26. The van der Waals surface area contributed by atoms with Gasteiger partial charge in [0.25, 0.3) is 0 Å². The highest BCUT2D eigenvalue weighted by Crippen LogP contribution is 2.43. The van der Waals surface area contributed by atoms with E-state index in [1.807, 2.05) is 43.5 Å². The third-order valence-electron chi connectivity index (χ3n) is 4.54. The number of aromatic nitrogens is 1. The molecule has 1 N–H and O–H groups in total. The molecule has 5 nitrogen and oxygen atoms in total. The van der Waals surface area contributed by atoms with E-state index in [1.165, 1.54) is 0 Å². The standard InChI is InChI=1S/C17H19N3O2S/c1-11-10-23-15(18-11)7-8-20-16(21)19-13-9-17(20,2)22-14-6-4-3-5-12(13)14/h3-6,10,13H,7-9H2,1-2H3,(H,19,21). The maximum absolute atomic E-state index is 12.6. The second-order valence-electron chi connectivity index (χ2n) is 6.31. The Morgan fingerprint density at radius 2 is 2.30 bits per heavy atom. The quantitative estimate of drug-likeness (QED) is 0.940. The summed E-state index contributed by atoms with van der Waals surface area (Å²) in [7, 11) is 0. The van der Waals surface area contributed by atoms with Crippen molar-refractivity contribution in [2.45, 2.75) is 38.5 Å². The number of nitrogens with one attached hydrogen (secondary N) is 1. The molecule has 2 aromatic rings. The van der Waals surface area contributed by atoms with Crippen LogP contribution in [-0.4, -0.2) is 28.2 Å². The van der Waals surface area contributed by atoms with Gasteiger partial charge in [-0.1, -0.05) is 18.2 Å². The Bertz CT molecular complexity index is 760. The molecule has 1 aromatic heterocycles. The lowest BCUT2D eigenvalue weighted by molar-refractivity contribution is -0.0832. The van der Waals surface area contributed by atoms with Crippen LogP contribution >= 0.6 is 11.3 Å². The molecule has 23 heavy (non-hydrogen) atoms. The van der Waals surface area contributed by atoms with E-state index >= 15 is 0 Å². The molecule has 120 valence electrons. The fourth-order valence-electron chi connectivity index (χ4n) is 3.43. The van der Waals surface area contributed by atoms with E-state index in [0.29, 0.717) is 6.54 Å². The molecule has 0 radical (unpaired) electrons. The third-order valence-corrected chi connectivity index (χ3v) is 5.56. The van der Waals surface area contributed by atoms with Crippen LogP contribution < -0.4 is 10.1 Å². The SMILES string of the molecule is Cc1csc(CCN2C(=O)NC3CC2(C)Oc2ccccc23)n1. The number of urea groups is 1. The van der Waals surface area contributed by atoms with Crippen LogP contribution in [0.2, 0.25) is 0 Å². The number of rotatable bonds is 3. The summed E-state index contributed by atoms with van der Waals surface area (Å²) in [6.45, 7) is 4.59. The smallest absolute Gasteiger partial charge is 0.320 e. The number of ether oxygens (including phenoxy) is 1. The van der Waals surface area contributed by atoms with Crippen LogP contribution in [0.15, 0.2) is 29.6 Å². The first-order chi connectivity index (χ1) is 11.0. The number of carbonyl (C=O) groups is 1. The molecule has 2 aliphatic heterocycles. The second-order valence-corrected chi connectivity index (χ2v) is 7.25. The van der Waals surface area contributed by atoms with Crippen molar-refractivity contribution in [2.24, 2.45) is 0 Å². The van der Waals surface area contributed by atoms with Crippen molar-refractivity contribution in [3.05, 3.63) is 45.9 Å². The average Bonchev–Trinajstić information content (AvgIpc) is 2.92. The Morgan fingerprint density at radius 3 is 3.09 bits per heavy atom. The highest BCUT2D eigenvalue weighted by Gasteiger charge is 2.48. The molecule has 2 atom stereocenters. The minimum absolute atomic E-state index is 0.0239. The number of amides is 2. The van der Waals surface area contributed by atoms with Gasteiger partial charge in [-0.05, 0) is 19.9 Å². The lowest BCUT2D eigenvalue weighted by Gasteiger charge is -2.50. The summed E-state index contributed by atoms with van der Waals surface area (Å²) >= 11 is 1.64. The topological polar surface area (TPSA) is 54.5 Å². The van der Waals surface area contributed by atoms with Gasteiger partial charge < -0.3 is 10.1 Å². The van der Waals surface area contributed by atoms with Gasteiger partial charge in [-0.3, -0.25) is 4.90 Å². The van der Waals surface area contributed by atoms with Crippen LogP contribution in [0.25, 0.3) is 0 Å². The summed E-state index contributed by atoms with van der Waals surface area (Å²) in [5.74, 6) is 0.862. The lowest BCUT2D eigenvalue weighted by atomic mass is 9.90.